The molecule has 0 atom stereocenters. The van der Waals surface area contributed by atoms with Crippen molar-refractivity contribution in [2.45, 2.75) is 46.0 Å². The Hall–Kier alpha value is -0.830. The Morgan fingerprint density at radius 1 is 1.39 bits per heavy atom. The van der Waals surface area contributed by atoms with Crippen LogP contribution in [0.5, 0.6) is 0 Å². The number of rotatable bonds is 6. The molecule has 0 radical (unpaired) electrons. The van der Waals surface area contributed by atoms with Crippen LogP contribution in [-0.2, 0) is 0 Å². The predicted molar refractivity (Wildman–Crippen MR) is 76.4 cm³/mol. The van der Waals surface area contributed by atoms with Crippen LogP contribution < -0.4 is 5.32 Å². The van der Waals surface area contributed by atoms with Crippen molar-refractivity contribution in [1.82, 2.24) is 9.97 Å². The molecule has 2 rings (SSSR count). The van der Waals surface area contributed by atoms with Crippen molar-refractivity contribution < 1.29 is 0 Å². The molecule has 0 amide bonds. The molecule has 0 unspecified atom stereocenters. The van der Waals surface area contributed by atoms with Crippen LogP contribution in [0, 0.1) is 12.3 Å². The highest BCUT2D eigenvalue weighted by Crippen LogP contribution is 2.48. The first-order valence-electron chi connectivity index (χ1n) is 6.70. The van der Waals surface area contributed by atoms with Crippen molar-refractivity contribution in [2.24, 2.45) is 5.41 Å². The molecule has 1 aliphatic rings. The maximum Gasteiger partial charge on any atom is 0.223 e. The normalized spacial score (nSPS) is 16.9. The van der Waals surface area contributed by atoms with E-state index in [4.69, 9.17) is 11.6 Å². The fourth-order valence-corrected chi connectivity index (χ4v) is 2.53. The van der Waals surface area contributed by atoms with Crippen molar-refractivity contribution in [3.63, 3.8) is 0 Å². The van der Waals surface area contributed by atoms with Crippen LogP contribution in [0.25, 0.3) is 0 Å². The smallest absolute Gasteiger partial charge is 0.223 e. The lowest BCUT2D eigenvalue weighted by molar-refractivity contribution is 0.522. The average Bonchev–Trinajstić information content (AvgIpc) is 3.07. The number of aryl methyl sites for hydroxylation is 1. The van der Waals surface area contributed by atoms with Gasteiger partial charge in [-0.2, -0.15) is 0 Å². The predicted octanol–water partition coefficient (Wildman–Crippen LogP) is 3.73. The Balaban J connectivity index is 2.01. The van der Waals surface area contributed by atoms with Crippen molar-refractivity contribution in [3.05, 3.63) is 17.5 Å². The average molecular weight is 268 g/mol. The van der Waals surface area contributed by atoms with Crippen LogP contribution >= 0.6 is 11.6 Å². The Morgan fingerprint density at radius 2 is 2.11 bits per heavy atom. The molecule has 1 heterocycles. The maximum absolute atomic E-state index is 5.84. The first-order valence-corrected chi connectivity index (χ1v) is 7.23. The minimum atomic E-state index is 0.410. The number of nitrogens with one attached hydrogen (secondary N) is 1. The van der Waals surface area contributed by atoms with Gasteiger partial charge < -0.3 is 5.32 Å². The minimum Gasteiger partial charge on any atom is -0.354 e. The van der Waals surface area contributed by atoms with Crippen LogP contribution in [0.1, 0.15) is 50.4 Å². The molecule has 3 nitrogen and oxygen atoms in total. The zero-order valence-electron chi connectivity index (χ0n) is 11.5. The van der Waals surface area contributed by atoms with E-state index in [1.54, 1.807) is 0 Å². The summed E-state index contributed by atoms with van der Waals surface area (Å²) >= 11 is 5.84. The van der Waals surface area contributed by atoms with Crippen molar-refractivity contribution in [2.75, 3.05) is 17.7 Å². The molecular formula is C14H22ClN3. The second-order valence-electron chi connectivity index (χ2n) is 5.71. The molecule has 0 aliphatic heterocycles. The van der Waals surface area contributed by atoms with E-state index in [2.05, 4.69) is 35.2 Å². The Morgan fingerprint density at radius 3 is 2.67 bits per heavy atom. The van der Waals surface area contributed by atoms with Gasteiger partial charge in [0.15, 0.2) is 0 Å². The lowest BCUT2D eigenvalue weighted by atomic mass is 10.0. The summed E-state index contributed by atoms with van der Waals surface area (Å²) in [7, 11) is 0. The molecule has 1 fully saturated rings. The van der Waals surface area contributed by atoms with Crippen molar-refractivity contribution in [3.8, 4) is 0 Å². The maximum atomic E-state index is 5.84. The third-order valence-corrected chi connectivity index (χ3v) is 3.86. The summed E-state index contributed by atoms with van der Waals surface area (Å²) in [6.45, 7) is 7.27. The number of alkyl halides is 1. The van der Waals surface area contributed by atoms with E-state index >= 15 is 0 Å². The number of halogens is 1. The molecular weight excluding hydrogens is 246 g/mol. The van der Waals surface area contributed by atoms with E-state index in [0.29, 0.717) is 11.3 Å². The van der Waals surface area contributed by atoms with Crippen LogP contribution in [0.15, 0.2) is 6.07 Å². The van der Waals surface area contributed by atoms with Gasteiger partial charge in [0.2, 0.25) is 5.95 Å². The molecule has 0 bridgehead atoms. The number of nitrogens with zero attached hydrogens (tertiary/aromatic N) is 2. The van der Waals surface area contributed by atoms with E-state index in [9.17, 15) is 0 Å². The van der Waals surface area contributed by atoms with E-state index in [1.807, 2.05) is 6.92 Å². The Kier molecular flexibility index (Phi) is 4.10. The van der Waals surface area contributed by atoms with E-state index in [-0.39, 0.29) is 0 Å². The van der Waals surface area contributed by atoms with Crippen LogP contribution in [0.3, 0.4) is 0 Å². The van der Waals surface area contributed by atoms with Gasteiger partial charge in [-0.1, -0.05) is 13.8 Å². The second kappa shape index (κ2) is 5.43. The summed E-state index contributed by atoms with van der Waals surface area (Å²) in [6, 6.07) is 2.06. The van der Waals surface area contributed by atoms with E-state index < -0.39 is 0 Å². The van der Waals surface area contributed by atoms with Gasteiger partial charge in [-0.25, -0.2) is 9.97 Å². The molecule has 1 aromatic rings. The molecule has 1 aliphatic carbocycles. The first-order chi connectivity index (χ1) is 8.54. The quantitative estimate of drug-likeness (QED) is 0.798. The Labute approximate surface area is 114 Å². The van der Waals surface area contributed by atoms with Gasteiger partial charge >= 0.3 is 0 Å². The summed E-state index contributed by atoms with van der Waals surface area (Å²) < 4.78 is 0. The zero-order valence-corrected chi connectivity index (χ0v) is 12.2. The molecule has 18 heavy (non-hydrogen) atoms. The summed E-state index contributed by atoms with van der Waals surface area (Å²) in [6.07, 6.45) is 3.63. The van der Waals surface area contributed by atoms with Gasteiger partial charge in [0, 0.05) is 23.8 Å². The summed E-state index contributed by atoms with van der Waals surface area (Å²) in [5, 5.41) is 3.39. The standard InChI is InChI=1S/C14H22ClN3/c1-10(2)12-8-11(3)17-13(18-12)16-9-14(4-5-14)6-7-15/h8,10H,4-7,9H2,1-3H3,(H,16,17,18). The van der Waals surface area contributed by atoms with E-state index in [1.165, 1.54) is 12.8 Å². The number of hydrogen-bond donors (Lipinski definition) is 1. The van der Waals surface area contributed by atoms with Gasteiger partial charge in [-0.05, 0) is 43.6 Å². The third kappa shape index (κ3) is 3.35. The van der Waals surface area contributed by atoms with Gasteiger partial charge in [0.25, 0.3) is 0 Å². The van der Waals surface area contributed by atoms with Crippen LogP contribution in [-0.4, -0.2) is 22.4 Å². The summed E-state index contributed by atoms with van der Waals surface area (Å²) in [5.74, 6) is 1.94. The highest BCUT2D eigenvalue weighted by atomic mass is 35.5. The molecule has 0 saturated heterocycles. The summed E-state index contributed by atoms with van der Waals surface area (Å²) in [5.41, 5.74) is 2.54. The zero-order chi connectivity index (χ0) is 13.2. The molecule has 1 aromatic heterocycles. The number of hydrogen-bond acceptors (Lipinski definition) is 3. The number of aromatic nitrogens is 2. The number of anilines is 1. The second-order valence-corrected chi connectivity index (χ2v) is 6.08. The fraction of sp³-hybridized carbons (Fsp3) is 0.714. The monoisotopic (exact) mass is 267 g/mol. The third-order valence-electron chi connectivity index (χ3n) is 3.67. The highest BCUT2D eigenvalue weighted by Gasteiger charge is 2.41. The lowest BCUT2D eigenvalue weighted by Crippen LogP contribution is -2.18. The van der Waals surface area contributed by atoms with Gasteiger partial charge in [-0.15, -0.1) is 11.6 Å². The largest absolute Gasteiger partial charge is 0.354 e. The Bertz CT molecular complexity index is 414. The van der Waals surface area contributed by atoms with Crippen LogP contribution in [0.2, 0.25) is 0 Å². The SMILES string of the molecule is Cc1cc(C(C)C)nc(NCC2(CCCl)CC2)n1. The molecule has 100 valence electrons. The van der Waals surface area contributed by atoms with Crippen molar-refractivity contribution >= 4 is 17.5 Å². The fourth-order valence-electron chi connectivity index (χ4n) is 2.13. The van der Waals surface area contributed by atoms with Gasteiger partial charge in [0.1, 0.15) is 0 Å². The minimum absolute atomic E-state index is 0.410. The van der Waals surface area contributed by atoms with Crippen LogP contribution in [0.4, 0.5) is 5.95 Å². The molecule has 1 N–H and O–H groups in total. The lowest BCUT2D eigenvalue weighted by Gasteiger charge is -2.15. The topological polar surface area (TPSA) is 37.8 Å². The van der Waals surface area contributed by atoms with Gasteiger partial charge in [0.05, 0.1) is 0 Å². The molecule has 0 spiro atoms. The molecule has 4 heteroatoms. The van der Waals surface area contributed by atoms with Crippen molar-refractivity contribution in [1.29, 1.82) is 0 Å². The highest BCUT2D eigenvalue weighted by molar-refractivity contribution is 6.17. The van der Waals surface area contributed by atoms with Gasteiger partial charge in [-0.3, -0.25) is 0 Å². The first kappa shape index (κ1) is 13.6. The molecule has 0 aromatic carbocycles. The summed E-state index contributed by atoms with van der Waals surface area (Å²) in [4.78, 5) is 9.02. The molecule has 1 saturated carbocycles. The van der Waals surface area contributed by atoms with E-state index in [0.717, 1.165) is 36.2 Å².